The predicted octanol–water partition coefficient (Wildman–Crippen LogP) is 2.50. The molecule has 5 nitrogen and oxygen atoms in total. The van der Waals surface area contributed by atoms with Gasteiger partial charge in [-0.15, -0.1) is 0 Å². The van der Waals surface area contributed by atoms with Crippen LogP contribution in [0.15, 0.2) is 48.5 Å². The second-order valence-electron chi connectivity index (χ2n) is 5.86. The SMILES string of the molecule is NC(=O)c1ccc(OCc2ccccc2)cc1OC1CCNCC1. The molecule has 5 heteroatoms. The molecule has 0 spiro atoms. The Hall–Kier alpha value is -2.53. The molecule has 3 rings (SSSR count). The van der Waals surface area contributed by atoms with Gasteiger partial charge in [0.25, 0.3) is 5.91 Å². The van der Waals surface area contributed by atoms with E-state index >= 15 is 0 Å². The summed E-state index contributed by atoms with van der Waals surface area (Å²) >= 11 is 0. The predicted molar refractivity (Wildman–Crippen MR) is 92.3 cm³/mol. The van der Waals surface area contributed by atoms with E-state index in [1.807, 2.05) is 30.3 Å². The first-order chi connectivity index (χ1) is 11.7. The van der Waals surface area contributed by atoms with Crippen molar-refractivity contribution < 1.29 is 14.3 Å². The highest BCUT2D eigenvalue weighted by Gasteiger charge is 2.18. The first-order valence-electron chi connectivity index (χ1n) is 8.20. The fourth-order valence-electron chi connectivity index (χ4n) is 2.73. The summed E-state index contributed by atoms with van der Waals surface area (Å²) in [7, 11) is 0. The Balaban J connectivity index is 1.73. The van der Waals surface area contributed by atoms with Gasteiger partial charge >= 0.3 is 0 Å². The van der Waals surface area contributed by atoms with Crippen molar-refractivity contribution in [3.8, 4) is 11.5 Å². The second kappa shape index (κ2) is 7.84. The highest BCUT2D eigenvalue weighted by atomic mass is 16.5. The van der Waals surface area contributed by atoms with Crippen molar-refractivity contribution in [2.45, 2.75) is 25.6 Å². The molecule has 0 aromatic heterocycles. The Morgan fingerprint density at radius 3 is 2.58 bits per heavy atom. The van der Waals surface area contributed by atoms with E-state index in [9.17, 15) is 4.79 Å². The maximum absolute atomic E-state index is 11.6. The number of nitrogens with one attached hydrogen (secondary N) is 1. The number of rotatable bonds is 6. The standard InChI is InChI=1S/C19H22N2O3/c20-19(22)17-7-6-16(23-13-14-4-2-1-3-5-14)12-18(17)24-15-8-10-21-11-9-15/h1-7,12,15,21H,8-11,13H2,(H2,20,22). The molecule has 1 amide bonds. The van der Waals surface area contributed by atoms with Crippen LogP contribution < -0.4 is 20.5 Å². The Kier molecular flexibility index (Phi) is 5.33. The maximum Gasteiger partial charge on any atom is 0.252 e. The number of carbonyl (C=O) groups excluding carboxylic acids is 1. The van der Waals surface area contributed by atoms with Crippen LogP contribution in [0.25, 0.3) is 0 Å². The average Bonchev–Trinajstić information content (AvgIpc) is 2.62. The van der Waals surface area contributed by atoms with E-state index in [4.69, 9.17) is 15.2 Å². The van der Waals surface area contributed by atoms with E-state index in [1.54, 1.807) is 18.2 Å². The molecule has 0 unspecified atom stereocenters. The molecule has 1 aliphatic heterocycles. The van der Waals surface area contributed by atoms with E-state index in [0.29, 0.717) is 23.7 Å². The lowest BCUT2D eigenvalue weighted by molar-refractivity contribution is 0.0989. The Bertz CT molecular complexity index is 682. The lowest BCUT2D eigenvalue weighted by Gasteiger charge is -2.25. The zero-order valence-electron chi connectivity index (χ0n) is 13.5. The summed E-state index contributed by atoms with van der Waals surface area (Å²) in [5.41, 5.74) is 6.93. The quantitative estimate of drug-likeness (QED) is 0.855. The molecule has 1 heterocycles. The van der Waals surface area contributed by atoms with Crippen LogP contribution in [-0.2, 0) is 6.61 Å². The van der Waals surface area contributed by atoms with Gasteiger partial charge in [-0.05, 0) is 43.6 Å². The molecular weight excluding hydrogens is 304 g/mol. The number of ether oxygens (including phenoxy) is 2. The molecule has 1 fully saturated rings. The van der Waals surface area contributed by atoms with Gasteiger partial charge in [-0.1, -0.05) is 30.3 Å². The molecule has 0 atom stereocenters. The molecule has 0 aliphatic carbocycles. The minimum absolute atomic E-state index is 0.0914. The molecule has 2 aromatic rings. The minimum atomic E-state index is -0.492. The maximum atomic E-state index is 11.6. The third-order valence-electron chi connectivity index (χ3n) is 4.05. The Morgan fingerprint density at radius 1 is 1.12 bits per heavy atom. The van der Waals surface area contributed by atoms with Crippen molar-refractivity contribution in [3.63, 3.8) is 0 Å². The second-order valence-corrected chi connectivity index (χ2v) is 5.86. The van der Waals surface area contributed by atoms with Crippen molar-refractivity contribution in [2.24, 2.45) is 5.73 Å². The molecular formula is C19H22N2O3. The minimum Gasteiger partial charge on any atom is -0.489 e. The zero-order valence-corrected chi connectivity index (χ0v) is 13.5. The van der Waals surface area contributed by atoms with Crippen LogP contribution in [-0.4, -0.2) is 25.1 Å². The number of piperidine rings is 1. The van der Waals surface area contributed by atoms with Gasteiger partial charge in [0.2, 0.25) is 0 Å². The number of amides is 1. The van der Waals surface area contributed by atoms with Gasteiger partial charge in [0, 0.05) is 6.07 Å². The van der Waals surface area contributed by atoms with Crippen molar-refractivity contribution in [3.05, 3.63) is 59.7 Å². The molecule has 1 aliphatic rings. The number of carbonyl (C=O) groups is 1. The summed E-state index contributed by atoms with van der Waals surface area (Å²) in [6.07, 6.45) is 1.91. The number of primary amides is 1. The van der Waals surface area contributed by atoms with Gasteiger partial charge in [0.05, 0.1) is 5.56 Å². The van der Waals surface area contributed by atoms with Crippen LogP contribution in [0.4, 0.5) is 0 Å². The lowest BCUT2D eigenvalue weighted by Crippen LogP contribution is -2.34. The van der Waals surface area contributed by atoms with Gasteiger partial charge < -0.3 is 20.5 Å². The highest BCUT2D eigenvalue weighted by molar-refractivity contribution is 5.95. The van der Waals surface area contributed by atoms with E-state index in [2.05, 4.69) is 5.32 Å². The van der Waals surface area contributed by atoms with E-state index in [-0.39, 0.29) is 6.10 Å². The number of hydrogen-bond donors (Lipinski definition) is 2. The molecule has 0 saturated carbocycles. The smallest absolute Gasteiger partial charge is 0.252 e. The number of nitrogens with two attached hydrogens (primary N) is 1. The summed E-state index contributed by atoms with van der Waals surface area (Å²) in [6, 6.07) is 15.1. The molecule has 3 N–H and O–H groups in total. The van der Waals surface area contributed by atoms with Gasteiger partial charge in [-0.2, -0.15) is 0 Å². The average molecular weight is 326 g/mol. The fourth-order valence-corrected chi connectivity index (χ4v) is 2.73. The number of hydrogen-bond acceptors (Lipinski definition) is 4. The van der Waals surface area contributed by atoms with Crippen molar-refractivity contribution in [1.82, 2.24) is 5.32 Å². The molecule has 126 valence electrons. The Labute approximate surface area is 141 Å². The van der Waals surface area contributed by atoms with E-state index in [1.165, 1.54) is 0 Å². The summed E-state index contributed by atoms with van der Waals surface area (Å²) in [6.45, 7) is 2.30. The molecule has 0 radical (unpaired) electrons. The van der Waals surface area contributed by atoms with Gasteiger partial charge in [0.1, 0.15) is 24.2 Å². The van der Waals surface area contributed by atoms with Crippen molar-refractivity contribution >= 4 is 5.91 Å². The van der Waals surface area contributed by atoms with Gasteiger partial charge in [-0.3, -0.25) is 4.79 Å². The third-order valence-corrected chi connectivity index (χ3v) is 4.05. The molecule has 2 aromatic carbocycles. The fraction of sp³-hybridized carbons (Fsp3) is 0.316. The van der Waals surface area contributed by atoms with E-state index in [0.717, 1.165) is 31.5 Å². The van der Waals surface area contributed by atoms with Crippen LogP contribution in [0.5, 0.6) is 11.5 Å². The molecule has 24 heavy (non-hydrogen) atoms. The third kappa shape index (κ3) is 4.26. The topological polar surface area (TPSA) is 73.6 Å². The van der Waals surface area contributed by atoms with Crippen LogP contribution >= 0.6 is 0 Å². The van der Waals surface area contributed by atoms with Crippen LogP contribution in [0.1, 0.15) is 28.8 Å². The van der Waals surface area contributed by atoms with E-state index < -0.39 is 5.91 Å². The van der Waals surface area contributed by atoms with Crippen LogP contribution in [0.2, 0.25) is 0 Å². The lowest BCUT2D eigenvalue weighted by atomic mass is 10.1. The first kappa shape index (κ1) is 16.3. The monoisotopic (exact) mass is 326 g/mol. The first-order valence-corrected chi connectivity index (χ1v) is 8.20. The largest absolute Gasteiger partial charge is 0.489 e. The summed E-state index contributed by atoms with van der Waals surface area (Å²) in [5.74, 6) is 0.668. The normalized spacial score (nSPS) is 15.0. The van der Waals surface area contributed by atoms with Crippen molar-refractivity contribution in [1.29, 1.82) is 0 Å². The molecule has 1 saturated heterocycles. The van der Waals surface area contributed by atoms with Gasteiger partial charge in [0.15, 0.2) is 0 Å². The van der Waals surface area contributed by atoms with Crippen molar-refractivity contribution in [2.75, 3.05) is 13.1 Å². The van der Waals surface area contributed by atoms with Crippen LogP contribution in [0, 0.1) is 0 Å². The summed E-state index contributed by atoms with van der Waals surface area (Å²) in [5, 5.41) is 3.29. The summed E-state index contributed by atoms with van der Waals surface area (Å²) < 4.78 is 11.8. The highest BCUT2D eigenvalue weighted by Crippen LogP contribution is 2.27. The van der Waals surface area contributed by atoms with Gasteiger partial charge in [-0.25, -0.2) is 0 Å². The zero-order chi connectivity index (χ0) is 16.8. The molecule has 0 bridgehead atoms. The number of benzene rings is 2. The Morgan fingerprint density at radius 2 is 1.88 bits per heavy atom. The summed E-state index contributed by atoms with van der Waals surface area (Å²) in [4.78, 5) is 11.6. The van der Waals surface area contributed by atoms with Crippen LogP contribution in [0.3, 0.4) is 0 Å².